The highest BCUT2D eigenvalue weighted by atomic mass is 19.3. The normalized spacial score (nSPS) is 11.7. The zero-order valence-electron chi connectivity index (χ0n) is 9.88. The van der Waals surface area contributed by atoms with E-state index in [4.69, 9.17) is 0 Å². The Labute approximate surface area is 101 Å². The van der Waals surface area contributed by atoms with E-state index in [1.165, 1.54) is 6.07 Å². The van der Waals surface area contributed by atoms with Crippen molar-refractivity contribution in [3.05, 3.63) is 11.9 Å². The fourth-order valence-corrected chi connectivity index (χ4v) is 1.12. The summed E-state index contributed by atoms with van der Waals surface area (Å²) < 4.78 is 53.7. The molecule has 0 aliphatic rings. The van der Waals surface area contributed by atoms with Crippen LogP contribution in [0.2, 0.25) is 0 Å². The lowest BCUT2D eigenvalue weighted by Gasteiger charge is -2.15. The Kier molecular flexibility index (Phi) is 4.69. The number of hydrogen-bond acceptors (Lipinski definition) is 4. The molecule has 0 aliphatic heterocycles. The minimum Gasteiger partial charge on any atom is -0.471 e. The highest BCUT2D eigenvalue weighted by molar-refractivity contribution is 5.38. The van der Waals surface area contributed by atoms with Gasteiger partial charge in [-0.2, -0.15) is 13.8 Å². The van der Waals surface area contributed by atoms with Gasteiger partial charge in [-0.25, -0.2) is 13.8 Å². The second-order valence-electron chi connectivity index (χ2n) is 3.52. The van der Waals surface area contributed by atoms with Crippen LogP contribution in [-0.2, 0) is 0 Å². The van der Waals surface area contributed by atoms with Crippen LogP contribution in [-0.4, -0.2) is 35.5 Å². The predicted molar refractivity (Wildman–Crippen MR) is 57.4 cm³/mol. The van der Waals surface area contributed by atoms with E-state index >= 15 is 0 Å². The quantitative estimate of drug-likeness (QED) is 0.804. The number of halogens is 4. The van der Waals surface area contributed by atoms with E-state index in [1.807, 2.05) is 6.92 Å². The number of anilines is 1. The summed E-state index contributed by atoms with van der Waals surface area (Å²) in [4.78, 5) is 7.69. The van der Waals surface area contributed by atoms with Crippen molar-refractivity contribution in [2.24, 2.45) is 0 Å². The molecule has 0 aliphatic carbocycles. The Bertz CT molecular complexity index is 401. The first-order valence-electron chi connectivity index (χ1n) is 5.23. The van der Waals surface area contributed by atoms with Crippen molar-refractivity contribution < 1.29 is 22.3 Å². The van der Waals surface area contributed by atoms with Crippen molar-refractivity contribution in [3.63, 3.8) is 0 Å². The summed E-state index contributed by atoms with van der Waals surface area (Å²) in [7, 11) is 0. The molecule has 8 heteroatoms. The van der Waals surface area contributed by atoms with Crippen molar-refractivity contribution in [2.45, 2.75) is 26.2 Å². The summed E-state index contributed by atoms with van der Waals surface area (Å²) >= 11 is 0. The summed E-state index contributed by atoms with van der Waals surface area (Å²) in [6.07, 6.45) is -3.77. The first-order chi connectivity index (χ1) is 8.35. The zero-order valence-corrected chi connectivity index (χ0v) is 9.88. The lowest BCUT2D eigenvalue weighted by molar-refractivity contribution is -0.148. The lowest BCUT2D eigenvalue weighted by atomic mass is 10.4. The van der Waals surface area contributed by atoms with Gasteiger partial charge in [0, 0.05) is 12.6 Å². The summed E-state index contributed by atoms with van der Waals surface area (Å²) in [5.74, 6) is -3.68. The number of aryl methyl sites for hydroxylation is 1. The minimum atomic E-state index is -4.20. The number of alkyl halides is 4. The van der Waals surface area contributed by atoms with Crippen molar-refractivity contribution in [1.29, 1.82) is 0 Å². The molecule has 1 heterocycles. The van der Waals surface area contributed by atoms with Gasteiger partial charge in [-0.05, 0) is 13.8 Å². The Morgan fingerprint density at radius 1 is 1.39 bits per heavy atom. The molecule has 0 radical (unpaired) electrons. The van der Waals surface area contributed by atoms with Gasteiger partial charge in [-0.3, -0.25) is 0 Å². The van der Waals surface area contributed by atoms with Crippen LogP contribution in [0.4, 0.5) is 23.4 Å². The average Bonchev–Trinajstić information content (AvgIpc) is 2.26. The van der Waals surface area contributed by atoms with Gasteiger partial charge < -0.3 is 10.1 Å². The molecule has 0 spiro atoms. The van der Waals surface area contributed by atoms with Crippen LogP contribution in [0.25, 0.3) is 0 Å². The summed E-state index contributed by atoms with van der Waals surface area (Å²) in [5, 5.41) is 2.84. The van der Waals surface area contributed by atoms with Crippen molar-refractivity contribution in [2.75, 3.05) is 18.5 Å². The number of ether oxygens (including phenoxy) is 1. The molecule has 1 aromatic heterocycles. The summed E-state index contributed by atoms with van der Waals surface area (Å²) in [6.45, 7) is 2.51. The third-order valence-electron chi connectivity index (χ3n) is 1.90. The van der Waals surface area contributed by atoms with E-state index < -0.39 is 19.0 Å². The van der Waals surface area contributed by atoms with Gasteiger partial charge in [-0.1, -0.05) is 0 Å². The fraction of sp³-hybridized carbons (Fsp3) is 0.600. The maximum atomic E-state index is 12.6. The standard InChI is InChI=1S/C10H13F4N3O/c1-3-15-7-4-8(17-6(2)16-7)18-5-10(13,14)9(11)12/h4,9H,3,5H2,1-2H3,(H,15,16,17). The van der Waals surface area contributed by atoms with Gasteiger partial charge in [0.2, 0.25) is 5.88 Å². The molecule has 18 heavy (non-hydrogen) atoms. The fourth-order valence-electron chi connectivity index (χ4n) is 1.12. The van der Waals surface area contributed by atoms with Crippen LogP contribution in [0.15, 0.2) is 6.07 Å². The largest absolute Gasteiger partial charge is 0.471 e. The molecular weight excluding hydrogens is 254 g/mol. The molecule has 0 aromatic carbocycles. The van der Waals surface area contributed by atoms with E-state index in [0.29, 0.717) is 18.2 Å². The third-order valence-corrected chi connectivity index (χ3v) is 1.90. The van der Waals surface area contributed by atoms with Crippen LogP contribution in [0.5, 0.6) is 5.88 Å². The minimum absolute atomic E-state index is 0.168. The maximum absolute atomic E-state index is 12.6. The van der Waals surface area contributed by atoms with Gasteiger partial charge in [0.05, 0.1) is 0 Å². The molecule has 0 saturated heterocycles. The topological polar surface area (TPSA) is 47.0 Å². The van der Waals surface area contributed by atoms with Gasteiger partial charge in [0.15, 0.2) is 6.61 Å². The molecule has 4 nitrogen and oxygen atoms in total. The molecule has 0 unspecified atom stereocenters. The summed E-state index contributed by atoms with van der Waals surface area (Å²) in [5.41, 5.74) is 0. The van der Waals surface area contributed by atoms with Gasteiger partial charge in [0.1, 0.15) is 11.6 Å². The molecule has 102 valence electrons. The second-order valence-corrected chi connectivity index (χ2v) is 3.52. The number of hydrogen-bond donors (Lipinski definition) is 1. The number of rotatable bonds is 6. The Morgan fingerprint density at radius 2 is 2.06 bits per heavy atom. The summed E-state index contributed by atoms with van der Waals surface area (Å²) in [6, 6.07) is 1.28. The zero-order chi connectivity index (χ0) is 13.8. The van der Waals surface area contributed by atoms with Crippen LogP contribution in [0.3, 0.4) is 0 Å². The van der Waals surface area contributed by atoms with Crippen LogP contribution >= 0.6 is 0 Å². The molecule has 0 atom stereocenters. The Balaban J connectivity index is 2.73. The third kappa shape index (κ3) is 4.01. The van der Waals surface area contributed by atoms with Crippen molar-refractivity contribution in [3.8, 4) is 5.88 Å². The van der Waals surface area contributed by atoms with Gasteiger partial charge in [0.25, 0.3) is 0 Å². The maximum Gasteiger partial charge on any atom is 0.340 e. The highest BCUT2D eigenvalue weighted by Gasteiger charge is 2.41. The van der Waals surface area contributed by atoms with Crippen LogP contribution in [0.1, 0.15) is 12.7 Å². The number of nitrogens with one attached hydrogen (secondary N) is 1. The Hall–Kier alpha value is -1.60. The van der Waals surface area contributed by atoms with E-state index in [0.717, 1.165) is 0 Å². The van der Waals surface area contributed by atoms with E-state index in [2.05, 4.69) is 20.0 Å². The first kappa shape index (κ1) is 14.5. The number of nitrogens with zero attached hydrogens (tertiary/aromatic N) is 2. The molecular formula is C10H13F4N3O. The average molecular weight is 267 g/mol. The SMILES string of the molecule is CCNc1cc(OCC(F)(F)C(F)F)nc(C)n1. The molecule has 0 saturated carbocycles. The van der Waals surface area contributed by atoms with Gasteiger partial charge in [-0.15, -0.1) is 0 Å². The number of aromatic nitrogens is 2. The molecule has 0 fully saturated rings. The molecule has 1 N–H and O–H groups in total. The van der Waals surface area contributed by atoms with E-state index in [9.17, 15) is 17.6 Å². The monoisotopic (exact) mass is 267 g/mol. The molecule has 1 aromatic rings. The smallest absolute Gasteiger partial charge is 0.340 e. The predicted octanol–water partition coefficient (Wildman–Crippen LogP) is 2.50. The highest BCUT2D eigenvalue weighted by Crippen LogP contribution is 2.24. The van der Waals surface area contributed by atoms with Crippen molar-refractivity contribution in [1.82, 2.24) is 9.97 Å². The Morgan fingerprint density at radius 3 is 2.61 bits per heavy atom. The van der Waals surface area contributed by atoms with E-state index in [1.54, 1.807) is 6.92 Å². The first-order valence-corrected chi connectivity index (χ1v) is 5.23. The van der Waals surface area contributed by atoms with Crippen LogP contribution < -0.4 is 10.1 Å². The van der Waals surface area contributed by atoms with Crippen LogP contribution in [0, 0.1) is 6.92 Å². The molecule has 0 bridgehead atoms. The van der Waals surface area contributed by atoms with Gasteiger partial charge >= 0.3 is 12.3 Å². The molecule has 1 rings (SSSR count). The second kappa shape index (κ2) is 5.83. The lowest BCUT2D eigenvalue weighted by Crippen LogP contribution is -2.34. The van der Waals surface area contributed by atoms with E-state index in [-0.39, 0.29) is 5.88 Å². The molecule has 0 amide bonds. The van der Waals surface area contributed by atoms with Crippen molar-refractivity contribution >= 4 is 5.82 Å².